The minimum Gasteiger partial charge on any atom is -0.497 e. The molecule has 0 aliphatic heterocycles. The zero-order valence-corrected chi connectivity index (χ0v) is 11.4. The first kappa shape index (κ1) is 15.0. The number of carbonyl (C=O) groups is 2. The molecule has 19 heavy (non-hydrogen) atoms. The molecule has 1 atom stereocenters. The second-order valence-electron chi connectivity index (χ2n) is 4.06. The van der Waals surface area contributed by atoms with Gasteiger partial charge < -0.3 is 14.8 Å². The van der Waals surface area contributed by atoms with Crippen LogP contribution >= 0.6 is 0 Å². The van der Waals surface area contributed by atoms with Crippen molar-refractivity contribution in [1.82, 2.24) is 5.32 Å². The lowest BCUT2D eigenvalue weighted by Crippen LogP contribution is -2.42. The number of methoxy groups -OCH3 is 1. The van der Waals surface area contributed by atoms with E-state index in [0.717, 1.165) is 11.3 Å². The van der Waals surface area contributed by atoms with Crippen LogP contribution in [0, 0.1) is 0 Å². The quantitative estimate of drug-likeness (QED) is 0.788. The second-order valence-corrected chi connectivity index (χ2v) is 4.06. The summed E-state index contributed by atoms with van der Waals surface area (Å²) in [4.78, 5) is 22.9. The van der Waals surface area contributed by atoms with E-state index < -0.39 is 12.0 Å². The van der Waals surface area contributed by atoms with Gasteiger partial charge in [0.05, 0.1) is 13.7 Å². The smallest absolute Gasteiger partial charge is 0.328 e. The number of nitrogens with one attached hydrogen (secondary N) is 1. The molecule has 0 unspecified atom stereocenters. The van der Waals surface area contributed by atoms with Crippen LogP contribution in [0.4, 0.5) is 0 Å². The van der Waals surface area contributed by atoms with Gasteiger partial charge >= 0.3 is 5.97 Å². The van der Waals surface area contributed by atoms with E-state index in [-0.39, 0.29) is 12.5 Å². The number of benzene rings is 1. The molecule has 0 heterocycles. The van der Waals surface area contributed by atoms with Gasteiger partial charge in [-0.3, -0.25) is 4.79 Å². The summed E-state index contributed by atoms with van der Waals surface area (Å²) in [7, 11) is 1.59. The highest BCUT2D eigenvalue weighted by Gasteiger charge is 2.21. The maximum absolute atomic E-state index is 11.7. The fourth-order valence-electron chi connectivity index (χ4n) is 1.68. The molecule has 0 saturated heterocycles. The van der Waals surface area contributed by atoms with E-state index in [1.165, 1.54) is 6.92 Å². The molecule has 0 radical (unpaired) electrons. The summed E-state index contributed by atoms with van der Waals surface area (Å²) in [6.45, 7) is 3.40. The largest absolute Gasteiger partial charge is 0.497 e. The van der Waals surface area contributed by atoms with Crippen LogP contribution in [0.1, 0.15) is 19.4 Å². The molecule has 5 nitrogen and oxygen atoms in total. The van der Waals surface area contributed by atoms with Crippen molar-refractivity contribution in [2.45, 2.75) is 26.3 Å². The molecule has 0 spiro atoms. The maximum atomic E-state index is 11.7. The molecule has 0 fully saturated rings. The van der Waals surface area contributed by atoms with Gasteiger partial charge in [-0.25, -0.2) is 4.79 Å². The molecular weight excluding hydrogens is 246 g/mol. The first-order valence-electron chi connectivity index (χ1n) is 6.13. The third-order valence-electron chi connectivity index (χ3n) is 2.55. The SMILES string of the molecule is CCOC(=O)[C@H](Cc1ccc(OC)cc1)NC(C)=O. The van der Waals surface area contributed by atoms with Crippen molar-refractivity contribution < 1.29 is 19.1 Å². The van der Waals surface area contributed by atoms with Gasteiger partial charge in [-0.15, -0.1) is 0 Å². The van der Waals surface area contributed by atoms with Crippen molar-refractivity contribution in [1.29, 1.82) is 0 Å². The molecule has 1 N–H and O–H groups in total. The lowest BCUT2D eigenvalue weighted by molar-refractivity contribution is -0.147. The fourth-order valence-corrected chi connectivity index (χ4v) is 1.68. The van der Waals surface area contributed by atoms with Crippen LogP contribution < -0.4 is 10.1 Å². The number of rotatable bonds is 6. The van der Waals surface area contributed by atoms with Crippen molar-refractivity contribution in [3.8, 4) is 5.75 Å². The first-order chi connectivity index (χ1) is 9.06. The van der Waals surface area contributed by atoms with E-state index in [1.54, 1.807) is 14.0 Å². The van der Waals surface area contributed by atoms with Gasteiger partial charge in [0.1, 0.15) is 11.8 Å². The molecule has 0 saturated carbocycles. The van der Waals surface area contributed by atoms with E-state index in [1.807, 2.05) is 24.3 Å². The predicted octanol–water partition coefficient (Wildman–Crippen LogP) is 1.31. The highest BCUT2D eigenvalue weighted by atomic mass is 16.5. The number of ether oxygens (including phenoxy) is 2. The van der Waals surface area contributed by atoms with Gasteiger partial charge in [0.2, 0.25) is 5.91 Å². The van der Waals surface area contributed by atoms with Gasteiger partial charge in [-0.05, 0) is 24.6 Å². The molecule has 0 bridgehead atoms. The van der Waals surface area contributed by atoms with Crippen molar-refractivity contribution in [3.05, 3.63) is 29.8 Å². The summed E-state index contributed by atoms with van der Waals surface area (Å²) in [5.74, 6) is 0.0658. The highest BCUT2D eigenvalue weighted by Crippen LogP contribution is 2.13. The zero-order valence-electron chi connectivity index (χ0n) is 11.4. The van der Waals surface area contributed by atoms with Crippen LogP contribution in [0.3, 0.4) is 0 Å². The Bertz CT molecular complexity index is 428. The van der Waals surface area contributed by atoms with Gasteiger partial charge in [0.15, 0.2) is 0 Å². The van der Waals surface area contributed by atoms with Gasteiger partial charge in [0.25, 0.3) is 0 Å². The predicted molar refractivity (Wildman–Crippen MR) is 70.9 cm³/mol. The lowest BCUT2D eigenvalue weighted by atomic mass is 10.1. The molecule has 1 amide bonds. The van der Waals surface area contributed by atoms with Crippen LogP contribution in [0.2, 0.25) is 0 Å². The summed E-state index contributed by atoms with van der Waals surface area (Å²) >= 11 is 0. The Morgan fingerprint density at radius 1 is 1.26 bits per heavy atom. The molecule has 1 rings (SSSR count). The topological polar surface area (TPSA) is 64.6 Å². The maximum Gasteiger partial charge on any atom is 0.328 e. The monoisotopic (exact) mass is 265 g/mol. The molecule has 0 aliphatic rings. The Morgan fingerprint density at radius 2 is 1.89 bits per heavy atom. The number of hydrogen-bond acceptors (Lipinski definition) is 4. The Hall–Kier alpha value is -2.04. The van der Waals surface area contributed by atoms with Crippen LogP contribution in [-0.2, 0) is 20.7 Å². The minimum absolute atomic E-state index is 0.258. The van der Waals surface area contributed by atoms with Crippen molar-refractivity contribution in [3.63, 3.8) is 0 Å². The summed E-state index contributed by atoms with van der Waals surface area (Å²) in [5.41, 5.74) is 0.924. The summed E-state index contributed by atoms with van der Waals surface area (Å²) in [5, 5.41) is 2.60. The van der Waals surface area contributed by atoms with Crippen LogP contribution in [0.25, 0.3) is 0 Å². The Balaban J connectivity index is 2.74. The Kier molecular flexibility index (Phi) is 5.85. The van der Waals surface area contributed by atoms with E-state index in [0.29, 0.717) is 6.42 Å². The van der Waals surface area contributed by atoms with E-state index >= 15 is 0 Å². The highest BCUT2D eigenvalue weighted by molar-refractivity contribution is 5.83. The van der Waals surface area contributed by atoms with E-state index in [4.69, 9.17) is 9.47 Å². The number of carbonyl (C=O) groups excluding carboxylic acids is 2. The average Bonchev–Trinajstić information content (AvgIpc) is 2.38. The van der Waals surface area contributed by atoms with Gasteiger partial charge in [-0.2, -0.15) is 0 Å². The Morgan fingerprint density at radius 3 is 2.37 bits per heavy atom. The molecule has 1 aromatic rings. The number of hydrogen-bond donors (Lipinski definition) is 1. The lowest BCUT2D eigenvalue weighted by Gasteiger charge is -2.16. The third-order valence-corrected chi connectivity index (χ3v) is 2.55. The Labute approximate surface area is 112 Å². The van der Waals surface area contributed by atoms with Gasteiger partial charge in [-0.1, -0.05) is 12.1 Å². The molecule has 104 valence electrons. The molecule has 5 heteroatoms. The summed E-state index contributed by atoms with van der Waals surface area (Å²) in [6, 6.07) is 6.67. The third kappa shape index (κ3) is 4.99. The van der Waals surface area contributed by atoms with Gasteiger partial charge in [0, 0.05) is 13.3 Å². The molecule has 1 aromatic carbocycles. The summed E-state index contributed by atoms with van der Waals surface area (Å²) in [6.07, 6.45) is 0.391. The van der Waals surface area contributed by atoms with Crippen molar-refractivity contribution in [2.24, 2.45) is 0 Å². The van der Waals surface area contributed by atoms with E-state index in [9.17, 15) is 9.59 Å². The minimum atomic E-state index is -0.661. The van der Waals surface area contributed by atoms with Crippen molar-refractivity contribution >= 4 is 11.9 Å². The summed E-state index contributed by atoms with van der Waals surface area (Å²) < 4.78 is 10.0. The second kappa shape index (κ2) is 7.41. The van der Waals surface area contributed by atoms with Crippen LogP contribution in [-0.4, -0.2) is 31.6 Å². The average molecular weight is 265 g/mol. The van der Waals surface area contributed by atoms with Crippen LogP contribution in [0.15, 0.2) is 24.3 Å². The molecule has 0 aliphatic carbocycles. The molecular formula is C14H19NO4. The number of amides is 1. The first-order valence-corrected chi connectivity index (χ1v) is 6.13. The fraction of sp³-hybridized carbons (Fsp3) is 0.429. The number of esters is 1. The van der Waals surface area contributed by atoms with Crippen LogP contribution in [0.5, 0.6) is 5.75 Å². The van der Waals surface area contributed by atoms with E-state index in [2.05, 4.69) is 5.32 Å². The molecule has 0 aromatic heterocycles. The normalized spacial score (nSPS) is 11.5. The standard InChI is InChI=1S/C14H19NO4/c1-4-19-14(17)13(15-10(2)16)9-11-5-7-12(18-3)8-6-11/h5-8,13H,4,9H2,1-3H3,(H,15,16)/t13-/m0/s1. The van der Waals surface area contributed by atoms with Crippen molar-refractivity contribution in [2.75, 3.05) is 13.7 Å². The zero-order chi connectivity index (χ0) is 14.3.